The first-order valence-corrected chi connectivity index (χ1v) is 16.9. The molecule has 9 rings (SSSR count). The topological polar surface area (TPSA) is 40.6 Å². The lowest BCUT2D eigenvalue weighted by Crippen LogP contribution is -2.10. The summed E-state index contributed by atoms with van der Waals surface area (Å²) in [6, 6.07) is 43.8. The van der Waals surface area contributed by atoms with Gasteiger partial charge in [0.1, 0.15) is 11.3 Å². The highest BCUT2D eigenvalue weighted by Crippen LogP contribution is 2.39. The first-order valence-electron chi connectivity index (χ1n) is 16.9. The van der Waals surface area contributed by atoms with Crippen LogP contribution in [0.4, 0.5) is 0 Å². The van der Waals surface area contributed by atoms with E-state index in [1.165, 1.54) is 33.2 Å². The first-order chi connectivity index (χ1) is 23.8. The molecule has 0 fully saturated rings. The molecule has 0 radical (unpaired) electrons. The maximum absolute atomic E-state index is 5.59. The quantitative estimate of drug-likeness (QED) is 0.193. The van der Waals surface area contributed by atoms with E-state index in [1.54, 1.807) is 0 Å². The van der Waals surface area contributed by atoms with E-state index in [9.17, 15) is 0 Å². The predicted octanol–water partition coefficient (Wildman–Crippen LogP) is 11.0. The fourth-order valence-electron chi connectivity index (χ4n) is 7.53. The summed E-state index contributed by atoms with van der Waals surface area (Å²) >= 11 is 0. The van der Waals surface area contributed by atoms with Crippen molar-refractivity contribution in [2.24, 2.45) is 0 Å². The van der Waals surface area contributed by atoms with Crippen LogP contribution in [0, 0.1) is 13.8 Å². The minimum atomic E-state index is 0.0703. The molecule has 5 heteroatoms. The maximum atomic E-state index is 5.59. The van der Waals surface area contributed by atoms with Gasteiger partial charge in [-0.3, -0.25) is 13.7 Å². The van der Waals surface area contributed by atoms with E-state index < -0.39 is 0 Å². The molecule has 0 bridgehead atoms. The largest absolute Gasteiger partial charge is 0.294 e. The molecule has 5 aromatic carbocycles. The summed E-state index contributed by atoms with van der Waals surface area (Å²) in [6.45, 7) is 11.1. The molecule has 0 saturated heterocycles. The number of aryl methyl sites for hydroxylation is 2. The van der Waals surface area contributed by atoms with Crippen molar-refractivity contribution in [1.82, 2.24) is 23.7 Å². The Morgan fingerprint density at radius 1 is 0.551 bits per heavy atom. The van der Waals surface area contributed by atoms with E-state index >= 15 is 0 Å². The van der Waals surface area contributed by atoms with Crippen molar-refractivity contribution in [2.75, 3.05) is 0 Å². The molecule has 0 N–H and O–H groups in total. The van der Waals surface area contributed by atoms with Gasteiger partial charge in [-0.2, -0.15) is 0 Å². The molecule has 49 heavy (non-hydrogen) atoms. The highest BCUT2D eigenvalue weighted by molar-refractivity contribution is 6.16. The molecule has 0 amide bonds. The number of hydrogen-bond donors (Lipinski definition) is 0. The Kier molecular flexibility index (Phi) is 6.44. The Morgan fingerprint density at radius 2 is 1.14 bits per heavy atom. The summed E-state index contributed by atoms with van der Waals surface area (Å²) in [6.07, 6.45) is 3.94. The molecule has 0 aliphatic carbocycles. The number of para-hydroxylation sites is 3. The molecule has 0 unspecified atom stereocenters. The van der Waals surface area contributed by atoms with E-state index in [1.807, 2.05) is 6.20 Å². The molecule has 238 valence electrons. The van der Waals surface area contributed by atoms with E-state index in [0.717, 1.165) is 55.8 Å². The minimum absolute atomic E-state index is 0.0703. The third-order valence-electron chi connectivity index (χ3n) is 9.94. The van der Waals surface area contributed by atoms with Crippen LogP contribution in [0.1, 0.15) is 37.5 Å². The number of aromatic nitrogens is 5. The Bertz CT molecular complexity index is 2710. The second kappa shape index (κ2) is 10.8. The molecular weight excluding hydrogens is 599 g/mol. The van der Waals surface area contributed by atoms with Gasteiger partial charge in [0.25, 0.3) is 0 Å². The van der Waals surface area contributed by atoms with Gasteiger partial charge < -0.3 is 0 Å². The van der Waals surface area contributed by atoms with Gasteiger partial charge in [-0.15, -0.1) is 0 Å². The number of rotatable bonds is 4. The van der Waals surface area contributed by atoms with Gasteiger partial charge in [0.15, 0.2) is 0 Å². The van der Waals surface area contributed by atoms with Crippen LogP contribution in [-0.4, -0.2) is 23.7 Å². The van der Waals surface area contributed by atoms with Crippen molar-refractivity contribution >= 4 is 43.9 Å². The van der Waals surface area contributed by atoms with Crippen LogP contribution >= 0.6 is 0 Å². The Morgan fingerprint density at radius 3 is 1.84 bits per heavy atom. The molecule has 0 aliphatic rings. The number of pyridine rings is 1. The normalized spacial score (nSPS) is 12.2. The van der Waals surface area contributed by atoms with Gasteiger partial charge in [0.05, 0.1) is 16.7 Å². The third kappa shape index (κ3) is 4.53. The summed E-state index contributed by atoms with van der Waals surface area (Å²) < 4.78 is 6.75. The first kappa shape index (κ1) is 29.2. The lowest BCUT2D eigenvalue weighted by Gasteiger charge is -2.20. The summed E-state index contributed by atoms with van der Waals surface area (Å²) in [5.74, 6) is 0.818. The standard InChI is InChI=1S/C44H37N5/c1-28-13-10-14-29(2)40(28)47-24-23-45-43(47)49-39-22-9-7-20-35(39)37-27-36-34-19-6-8-21-38(34)48(41(36)46-42(37)49)33-18-12-16-31(26-33)30-15-11-17-32(25-30)44(3,4)5/h6-27H,1-5H3. The molecule has 4 aromatic heterocycles. The van der Waals surface area contributed by atoms with Crippen molar-refractivity contribution in [2.45, 2.75) is 40.0 Å². The maximum Gasteiger partial charge on any atom is 0.220 e. The second-order valence-electron chi connectivity index (χ2n) is 14.2. The number of nitrogens with zero attached hydrogens (tertiary/aromatic N) is 5. The van der Waals surface area contributed by atoms with Gasteiger partial charge in [-0.25, -0.2) is 9.97 Å². The lowest BCUT2D eigenvalue weighted by molar-refractivity contribution is 0.590. The van der Waals surface area contributed by atoms with Crippen molar-refractivity contribution < 1.29 is 0 Å². The lowest BCUT2D eigenvalue weighted by atomic mass is 9.85. The third-order valence-corrected chi connectivity index (χ3v) is 9.94. The average Bonchev–Trinajstić information content (AvgIpc) is 3.79. The van der Waals surface area contributed by atoms with Gasteiger partial charge in [-0.05, 0) is 77.4 Å². The number of imidazole rings is 1. The van der Waals surface area contributed by atoms with Gasteiger partial charge in [-0.1, -0.05) is 112 Å². The summed E-state index contributed by atoms with van der Waals surface area (Å²) in [4.78, 5) is 10.6. The van der Waals surface area contributed by atoms with Crippen molar-refractivity contribution in [3.63, 3.8) is 0 Å². The smallest absolute Gasteiger partial charge is 0.220 e. The van der Waals surface area contributed by atoms with Crippen LogP contribution in [0.5, 0.6) is 0 Å². The highest BCUT2D eigenvalue weighted by atomic mass is 15.3. The zero-order chi connectivity index (χ0) is 33.4. The number of benzene rings is 5. The predicted molar refractivity (Wildman–Crippen MR) is 204 cm³/mol. The highest BCUT2D eigenvalue weighted by Gasteiger charge is 2.22. The van der Waals surface area contributed by atoms with E-state index in [-0.39, 0.29) is 5.41 Å². The molecule has 0 aliphatic heterocycles. The zero-order valence-electron chi connectivity index (χ0n) is 28.4. The van der Waals surface area contributed by atoms with Gasteiger partial charge in [0, 0.05) is 39.6 Å². The van der Waals surface area contributed by atoms with Crippen LogP contribution in [0.15, 0.2) is 134 Å². The van der Waals surface area contributed by atoms with E-state index in [2.05, 4.69) is 176 Å². The van der Waals surface area contributed by atoms with Crippen LogP contribution in [-0.2, 0) is 5.41 Å². The van der Waals surface area contributed by atoms with E-state index in [4.69, 9.17) is 9.97 Å². The Hall–Kier alpha value is -5.94. The Labute approximate surface area is 285 Å². The van der Waals surface area contributed by atoms with Gasteiger partial charge >= 0.3 is 0 Å². The van der Waals surface area contributed by atoms with Crippen molar-refractivity contribution in [1.29, 1.82) is 0 Å². The fraction of sp³-hybridized carbons (Fsp3) is 0.136. The molecule has 4 heterocycles. The zero-order valence-corrected chi connectivity index (χ0v) is 28.4. The summed E-state index contributed by atoms with van der Waals surface area (Å²) in [7, 11) is 0. The monoisotopic (exact) mass is 635 g/mol. The molecule has 0 spiro atoms. The summed E-state index contributed by atoms with van der Waals surface area (Å²) in [5.41, 5.74) is 12.4. The second-order valence-corrected chi connectivity index (χ2v) is 14.2. The molecule has 9 aromatic rings. The van der Waals surface area contributed by atoms with Crippen LogP contribution < -0.4 is 0 Å². The van der Waals surface area contributed by atoms with E-state index in [0.29, 0.717) is 0 Å². The number of hydrogen-bond acceptors (Lipinski definition) is 2. The summed E-state index contributed by atoms with van der Waals surface area (Å²) in [5, 5.41) is 4.57. The molecule has 0 saturated carbocycles. The number of fused-ring (bicyclic) bond motifs is 6. The molecule has 0 atom stereocenters. The van der Waals surface area contributed by atoms with Crippen LogP contribution in [0.25, 0.3) is 72.3 Å². The van der Waals surface area contributed by atoms with Crippen LogP contribution in [0.2, 0.25) is 0 Å². The SMILES string of the molecule is Cc1cccc(C)c1-n1ccnc1-n1c2ccccc2c2cc3c4ccccc4n(-c4cccc(-c5cccc(C(C)(C)C)c5)c4)c3nc21. The Balaban J connectivity index is 1.34. The molecular formula is C44H37N5. The van der Waals surface area contributed by atoms with Crippen molar-refractivity contribution in [3.8, 4) is 28.5 Å². The minimum Gasteiger partial charge on any atom is -0.294 e. The fourth-order valence-corrected chi connectivity index (χ4v) is 7.53. The van der Waals surface area contributed by atoms with Crippen molar-refractivity contribution in [3.05, 3.63) is 150 Å². The molecule has 5 nitrogen and oxygen atoms in total. The van der Waals surface area contributed by atoms with Crippen LogP contribution in [0.3, 0.4) is 0 Å². The van der Waals surface area contributed by atoms with Gasteiger partial charge in [0.2, 0.25) is 5.95 Å². The average molecular weight is 636 g/mol.